The standard InChI is InChI=1S/C21H24N2O3S/c1-14-18(15-6-4-3-5-7-15)17(11-27-14)19(24)23-10-16-8-9-22(2)12-21(16,13-23)20(25)26/h3-7,11,16H,8-10,12-13H2,1-2H3,(H,25,26)/t16-,21-/m1/s1. The van der Waals surface area contributed by atoms with Crippen molar-refractivity contribution in [3.05, 3.63) is 46.2 Å². The summed E-state index contributed by atoms with van der Waals surface area (Å²) >= 11 is 1.57. The van der Waals surface area contributed by atoms with Crippen molar-refractivity contribution in [2.75, 3.05) is 33.2 Å². The molecule has 2 fully saturated rings. The van der Waals surface area contributed by atoms with Crippen LogP contribution in [0.2, 0.25) is 0 Å². The van der Waals surface area contributed by atoms with E-state index in [1.807, 2.05) is 49.7 Å². The molecule has 1 amide bonds. The largest absolute Gasteiger partial charge is 0.481 e. The lowest BCUT2D eigenvalue weighted by Gasteiger charge is -2.39. The third-order valence-electron chi connectivity index (χ3n) is 6.09. The maximum absolute atomic E-state index is 13.4. The van der Waals surface area contributed by atoms with Crippen molar-refractivity contribution < 1.29 is 14.7 Å². The van der Waals surface area contributed by atoms with Crippen LogP contribution in [0.4, 0.5) is 0 Å². The van der Waals surface area contributed by atoms with Gasteiger partial charge in [0.1, 0.15) is 5.41 Å². The number of hydrogen-bond donors (Lipinski definition) is 1. The van der Waals surface area contributed by atoms with E-state index in [4.69, 9.17) is 0 Å². The molecule has 2 atom stereocenters. The zero-order valence-electron chi connectivity index (χ0n) is 15.6. The highest BCUT2D eigenvalue weighted by Crippen LogP contribution is 2.43. The summed E-state index contributed by atoms with van der Waals surface area (Å²) < 4.78 is 0. The zero-order valence-corrected chi connectivity index (χ0v) is 16.5. The molecular formula is C21H24N2O3S. The molecule has 0 unspecified atom stereocenters. The first kappa shape index (κ1) is 18.2. The quantitative estimate of drug-likeness (QED) is 0.883. The normalized spacial score (nSPS) is 25.4. The predicted molar refractivity (Wildman–Crippen MR) is 106 cm³/mol. The maximum atomic E-state index is 13.4. The maximum Gasteiger partial charge on any atom is 0.313 e. The van der Waals surface area contributed by atoms with E-state index in [0.717, 1.165) is 29.0 Å². The highest BCUT2D eigenvalue weighted by Gasteiger charge is 2.55. The molecule has 2 aliphatic heterocycles. The summed E-state index contributed by atoms with van der Waals surface area (Å²) in [6, 6.07) is 9.94. The SMILES string of the molecule is Cc1scc(C(=O)N2C[C@H]3CCN(C)C[C@@]3(C(=O)O)C2)c1-c1ccccc1. The summed E-state index contributed by atoms with van der Waals surface area (Å²) in [5, 5.41) is 11.9. The molecule has 2 aromatic rings. The molecule has 1 N–H and O–H groups in total. The van der Waals surface area contributed by atoms with Gasteiger partial charge in [-0.25, -0.2) is 0 Å². The Bertz CT molecular complexity index is 879. The molecule has 0 radical (unpaired) electrons. The van der Waals surface area contributed by atoms with Crippen molar-refractivity contribution in [3.63, 3.8) is 0 Å². The highest BCUT2D eigenvalue weighted by atomic mass is 32.1. The van der Waals surface area contributed by atoms with Crippen LogP contribution in [0.15, 0.2) is 35.7 Å². The van der Waals surface area contributed by atoms with E-state index < -0.39 is 11.4 Å². The Hall–Kier alpha value is -2.18. The van der Waals surface area contributed by atoms with Crippen LogP contribution in [0.3, 0.4) is 0 Å². The number of fused-ring (bicyclic) bond motifs is 1. The van der Waals surface area contributed by atoms with Gasteiger partial charge in [0.25, 0.3) is 5.91 Å². The Morgan fingerprint density at radius 3 is 2.67 bits per heavy atom. The minimum Gasteiger partial charge on any atom is -0.481 e. The number of likely N-dealkylation sites (tertiary alicyclic amines) is 2. The number of aliphatic carboxylic acids is 1. The number of rotatable bonds is 3. The number of carboxylic acid groups (broad SMARTS) is 1. The van der Waals surface area contributed by atoms with Crippen LogP contribution in [0.1, 0.15) is 21.7 Å². The molecule has 6 heteroatoms. The van der Waals surface area contributed by atoms with Gasteiger partial charge in [-0.15, -0.1) is 11.3 Å². The van der Waals surface area contributed by atoms with Crippen molar-refractivity contribution in [3.8, 4) is 11.1 Å². The molecule has 4 rings (SSSR count). The molecule has 0 aliphatic carbocycles. The lowest BCUT2D eigenvalue weighted by molar-refractivity contribution is -0.153. The average molecular weight is 385 g/mol. The van der Waals surface area contributed by atoms with Gasteiger partial charge in [-0.3, -0.25) is 9.59 Å². The van der Waals surface area contributed by atoms with Gasteiger partial charge in [0.2, 0.25) is 0 Å². The molecule has 2 aliphatic rings. The van der Waals surface area contributed by atoms with Crippen LogP contribution in [-0.4, -0.2) is 60.0 Å². The third-order valence-corrected chi connectivity index (χ3v) is 7.00. The second-order valence-corrected chi connectivity index (χ2v) is 8.90. The summed E-state index contributed by atoms with van der Waals surface area (Å²) in [5.41, 5.74) is 1.85. The first-order valence-electron chi connectivity index (χ1n) is 9.27. The Morgan fingerprint density at radius 1 is 1.22 bits per heavy atom. The van der Waals surface area contributed by atoms with E-state index in [0.29, 0.717) is 25.2 Å². The van der Waals surface area contributed by atoms with Crippen LogP contribution in [0, 0.1) is 18.3 Å². The fourth-order valence-corrected chi connectivity index (χ4v) is 5.53. The summed E-state index contributed by atoms with van der Waals surface area (Å²) in [7, 11) is 1.96. The van der Waals surface area contributed by atoms with Gasteiger partial charge in [-0.05, 0) is 38.4 Å². The van der Waals surface area contributed by atoms with Crippen molar-refractivity contribution in [2.45, 2.75) is 13.3 Å². The molecule has 0 bridgehead atoms. The van der Waals surface area contributed by atoms with Crippen LogP contribution in [0.25, 0.3) is 11.1 Å². The number of aryl methyl sites for hydroxylation is 1. The van der Waals surface area contributed by atoms with E-state index in [9.17, 15) is 14.7 Å². The fourth-order valence-electron chi connectivity index (χ4n) is 4.67. The minimum atomic E-state index is -0.847. The minimum absolute atomic E-state index is 0.0232. The lowest BCUT2D eigenvalue weighted by atomic mass is 9.73. The van der Waals surface area contributed by atoms with Gasteiger partial charge in [0, 0.05) is 35.5 Å². The summed E-state index contributed by atoms with van der Waals surface area (Å²) in [6.45, 7) is 4.24. The second kappa shape index (κ2) is 6.77. The number of hydrogen-bond acceptors (Lipinski definition) is 4. The van der Waals surface area contributed by atoms with E-state index in [2.05, 4.69) is 4.90 Å². The molecule has 1 aromatic heterocycles. The predicted octanol–water partition coefficient (Wildman–Crippen LogP) is 3.20. The number of thiophene rings is 1. The van der Waals surface area contributed by atoms with E-state index >= 15 is 0 Å². The summed E-state index contributed by atoms with van der Waals surface area (Å²) in [4.78, 5) is 30.5. The molecular weight excluding hydrogens is 360 g/mol. The Balaban J connectivity index is 1.67. The molecule has 1 aromatic carbocycles. The van der Waals surface area contributed by atoms with Crippen LogP contribution < -0.4 is 0 Å². The molecule has 0 spiro atoms. The van der Waals surface area contributed by atoms with Gasteiger partial charge in [0.15, 0.2) is 0 Å². The third kappa shape index (κ3) is 2.97. The van der Waals surface area contributed by atoms with E-state index in [-0.39, 0.29) is 11.8 Å². The van der Waals surface area contributed by atoms with Crippen LogP contribution in [0.5, 0.6) is 0 Å². The topological polar surface area (TPSA) is 60.9 Å². The number of carbonyl (C=O) groups excluding carboxylic acids is 1. The van der Waals surface area contributed by atoms with E-state index in [1.165, 1.54) is 0 Å². The second-order valence-electron chi connectivity index (χ2n) is 7.82. The first-order valence-corrected chi connectivity index (χ1v) is 10.1. The number of carboxylic acids is 1. The number of amides is 1. The number of benzene rings is 1. The lowest BCUT2D eigenvalue weighted by Crippen LogP contribution is -2.52. The molecule has 3 heterocycles. The van der Waals surface area contributed by atoms with Crippen molar-refractivity contribution >= 4 is 23.2 Å². The molecule has 0 saturated carbocycles. The Kier molecular flexibility index (Phi) is 4.56. The monoisotopic (exact) mass is 384 g/mol. The number of piperidine rings is 1. The highest BCUT2D eigenvalue weighted by molar-refractivity contribution is 7.10. The zero-order chi connectivity index (χ0) is 19.2. The van der Waals surface area contributed by atoms with E-state index in [1.54, 1.807) is 16.2 Å². The van der Waals surface area contributed by atoms with Crippen molar-refractivity contribution in [1.82, 2.24) is 9.80 Å². The molecule has 2 saturated heterocycles. The number of nitrogens with zero attached hydrogens (tertiary/aromatic N) is 2. The molecule has 27 heavy (non-hydrogen) atoms. The average Bonchev–Trinajstić information content (AvgIpc) is 3.23. The smallest absolute Gasteiger partial charge is 0.313 e. The van der Waals surface area contributed by atoms with Gasteiger partial charge in [-0.2, -0.15) is 0 Å². The van der Waals surface area contributed by atoms with Crippen molar-refractivity contribution in [2.24, 2.45) is 11.3 Å². The Morgan fingerprint density at radius 2 is 1.96 bits per heavy atom. The Labute approximate surface area is 163 Å². The summed E-state index contributed by atoms with van der Waals surface area (Å²) in [5.74, 6) is -0.801. The fraction of sp³-hybridized carbons (Fsp3) is 0.429. The van der Waals surface area contributed by atoms with Gasteiger partial charge in [0.05, 0.1) is 5.56 Å². The van der Waals surface area contributed by atoms with Gasteiger partial charge in [-0.1, -0.05) is 30.3 Å². The van der Waals surface area contributed by atoms with Crippen molar-refractivity contribution in [1.29, 1.82) is 0 Å². The summed E-state index contributed by atoms with van der Waals surface area (Å²) in [6.07, 6.45) is 0.820. The van der Waals surface area contributed by atoms with Gasteiger partial charge < -0.3 is 14.9 Å². The van der Waals surface area contributed by atoms with Gasteiger partial charge >= 0.3 is 5.97 Å². The number of carbonyl (C=O) groups is 2. The van der Waals surface area contributed by atoms with Crippen LogP contribution >= 0.6 is 11.3 Å². The van der Waals surface area contributed by atoms with Crippen LogP contribution in [-0.2, 0) is 4.79 Å². The molecule has 5 nitrogen and oxygen atoms in total. The first-order chi connectivity index (χ1) is 12.9. The molecule has 142 valence electrons.